The number of aromatic carboxylic acids is 2. The maximum absolute atomic E-state index is 13.6. The lowest BCUT2D eigenvalue weighted by molar-refractivity contribution is 0.0682. The number of nitrogens with zero attached hydrogens (tertiary/aromatic N) is 4. The van der Waals surface area contributed by atoms with Gasteiger partial charge in [0.15, 0.2) is 11.5 Å². The lowest BCUT2D eigenvalue weighted by atomic mass is 10.1. The first-order valence-electron chi connectivity index (χ1n) is 10.7. The number of aromatic hydroxyl groups is 2. The molecule has 0 saturated carbocycles. The van der Waals surface area contributed by atoms with Crippen LogP contribution in [0, 0.1) is 11.6 Å². The molecule has 0 aliphatic heterocycles. The van der Waals surface area contributed by atoms with E-state index in [0.717, 1.165) is 23.3 Å². The molecule has 0 aliphatic rings. The number of carbonyl (C=O) groups is 2. The van der Waals surface area contributed by atoms with Gasteiger partial charge in [0.2, 0.25) is 0 Å². The molecule has 4 N–H and O–H groups in total. The predicted octanol–water partition coefficient (Wildman–Crippen LogP) is 7.27. The van der Waals surface area contributed by atoms with E-state index in [1.165, 1.54) is 0 Å². The second-order valence-corrected chi connectivity index (χ2v) is 7.75. The van der Waals surface area contributed by atoms with Gasteiger partial charge in [-0.2, -0.15) is 10.2 Å². The second kappa shape index (κ2) is 10.6. The normalized spacial score (nSPS) is 11.3. The third kappa shape index (κ3) is 5.65. The van der Waals surface area contributed by atoms with Crippen LogP contribution in [0.25, 0.3) is 11.1 Å². The first kappa shape index (κ1) is 25.6. The highest BCUT2D eigenvalue weighted by atomic mass is 19.1. The highest BCUT2D eigenvalue weighted by Gasteiger charge is 2.17. The van der Waals surface area contributed by atoms with Gasteiger partial charge in [-0.05, 0) is 47.5 Å². The summed E-state index contributed by atoms with van der Waals surface area (Å²) in [6.45, 7) is 0. The number of carboxylic acids is 2. The van der Waals surface area contributed by atoms with E-state index in [1.807, 2.05) is 0 Å². The van der Waals surface area contributed by atoms with E-state index in [9.17, 15) is 28.6 Å². The summed E-state index contributed by atoms with van der Waals surface area (Å²) in [6.07, 6.45) is 0. The zero-order chi connectivity index (χ0) is 27.4. The number of carboxylic acid groups (broad SMARTS) is 2. The molecular weight excluding hydrogens is 502 g/mol. The first-order chi connectivity index (χ1) is 18.1. The molecule has 0 aliphatic carbocycles. The predicted molar refractivity (Wildman–Crippen MR) is 130 cm³/mol. The summed E-state index contributed by atoms with van der Waals surface area (Å²) in [4.78, 5) is 22.2. The number of benzene rings is 4. The van der Waals surface area contributed by atoms with Crippen molar-refractivity contribution in [1.29, 1.82) is 0 Å². The molecule has 4 aromatic rings. The number of azo groups is 2. The van der Waals surface area contributed by atoms with Crippen molar-refractivity contribution in [2.24, 2.45) is 20.5 Å². The van der Waals surface area contributed by atoms with Crippen LogP contribution in [0.2, 0.25) is 0 Å². The van der Waals surface area contributed by atoms with Crippen molar-refractivity contribution >= 4 is 34.7 Å². The van der Waals surface area contributed by atoms with E-state index >= 15 is 0 Å². The van der Waals surface area contributed by atoms with E-state index in [1.54, 1.807) is 48.5 Å². The van der Waals surface area contributed by atoms with E-state index in [-0.39, 0.29) is 11.4 Å². The molecule has 190 valence electrons. The van der Waals surface area contributed by atoms with E-state index in [4.69, 9.17) is 10.2 Å². The fraction of sp³-hybridized carbons (Fsp3) is 0. The topological polar surface area (TPSA) is 164 Å². The molecular formula is C26H16F2N4O6. The zero-order valence-corrected chi connectivity index (χ0v) is 19.1. The minimum absolute atomic E-state index is 0.332. The molecule has 0 heterocycles. The Morgan fingerprint density at radius 2 is 0.895 bits per heavy atom. The summed E-state index contributed by atoms with van der Waals surface area (Å²) in [5.41, 5.74) is 0.353. The van der Waals surface area contributed by atoms with Crippen molar-refractivity contribution in [2.75, 3.05) is 0 Å². The summed E-state index contributed by atoms with van der Waals surface area (Å²) >= 11 is 0. The zero-order valence-electron chi connectivity index (χ0n) is 19.1. The summed E-state index contributed by atoms with van der Waals surface area (Å²) < 4.78 is 27.3. The standard InChI is InChI=1S/C26H16F2N4O6/c27-15-9-19(25(35)36)23(33)21(11-15)31-29-17-5-1-13(2-6-17)14-3-7-18(8-4-14)30-32-22-12-16(28)10-20(24(22)34)26(37)38/h1-12,33-34H,(H,35,36)(H,37,38). The van der Waals surface area contributed by atoms with Crippen LogP contribution in [0.5, 0.6) is 11.5 Å². The minimum Gasteiger partial charge on any atom is -0.505 e. The molecule has 0 unspecified atom stereocenters. The maximum Gasteiger partial charge on any atom is 0.339 e. The molecule has 0 spiro atoms. The number of rotatable bonds is 7. The minimum atomic E-state index is -1.50. The third-order valence-electron chi connectivity index (χ3n) is 5.18. The molecule has 12 heteroatoms. The Morgan fingerprint density at radius 3 is 1.21 bits per heavy atom. The molecule has 10 nitrogen and oxygen atoms in total. The van der Waals surface area contributed by atoms with Crippen molar-refractivity contribution in [2.45, 2.75) is 0 Å². The number of phenols is 2. The molecule has 0 radical (unpaired) electrons. The average molecular weight is 518 g/mol. The Bertz CT molecular complexity index is 1480. The Balaban J connectivity index is 1.49. The van der Waals surface area contributed by atoms with Crippen LogP contribution in [0.15, 0.2) is 93.3 Å². The van der Waals surface area contributed by atoms with Gasteiger partial charge in [0.05, 0.1) is 11.4 Å². The number of hydrogen-bond acceptors (Lipinski definition) is 8. The van der Waals surface area contributed by atoms with Crippen molar-refractivity contribution < 1.29 is 38.8 Å². The van der Waals surface area contributed by atoms with E-state index < -0.39 is 46.2 Å². The number of hydrogen-bond donors (Lipinski definition) is 4. The number of halogens is 2. The summed E-state index contributed by atoms with van der Waals surface area (Å²) in [6, 6.07) is 16.4. The highest BCUT2D eigenvalue weighted by molar-refractivity contribution is 5.93. The SMILES string of the molecule is O=C(O)c1cc(F)cc(N=Nc2ccc(-c3ccc(N=Nc4cc(F)cc(C(=O)O)c4O)cc3)cc2)c1O. The van der Waals surface area contributed by atoms with Gasteiger partial charge in [-0.3, -0.25) is 0 Å². The molecule has 0 fully saturated rings. The van der Waals surface area contributed by atoms with Gasteiger partial charge in [0, 0.05) is 12.1 Å². The van der Waals surface area contributed by atoms with Crippen LogP contribution in [0.3, 0.4) is 0 Å². The van der Waals surface area contributed by atoms with Gasteiger partial charge in [-0.15, -0.1) is 10.2 Å². The van der Waals surface area contributed by atoms with Crippen LogP contribution >= 0.6 is 0 Å². The molecule has 0 bridgehead atoms. The molecule has 0 aromatic heterocycles. The van der Waals surface area contributed by atoms with E-state index in [0.29, 0.717) is 23.5 Å². The third-order valence-corrected chi connectivity index (χ3v) is 5.18. The second-order valence-electron chi connectivity index (χ2n) is 7.75. The Hall–Kier alpha value is -5.52. The van der Waals surface area contributed by atoms with Crippen molar-refractivity contribution in [1.82, 2.24) is 0 Å². The van der Waals surface area contributed by atoms with Crippen LogP contribution in [0.4, 0.5) is 31.5 Å². The maximum atomic E-state index is 13.6. The quantitative estimate of drug-likeness (QED) is 0.188. The Labute approximate surface area is 212 Å². The van der Waals surface area contributed by atoms with E-state index in [2.05, 4.69) is 20.5 Å². The molecule has 4 rings (SSSR count). The molecule has 38 heavy (non-hydrogen) atoms. The molecule has 0 amide bonds. The van der Waals surface area contributed by atoms with Gasteiger partial charge < -0.3 is 20.4 Å². The van der Waals surface area contributed by atoms with Gasteiger partial charge in [-0.25, -0.2) is 18.4 Å². The Kier molecular flexibility index (Phi) is 7.15. The Morgan fingerprint density at radius 1 is 0.553 bits per heavy atom. The highest BCUT2D eigenvalue weighted by Crippen LogP contribution is 2.35. The lowest BCUT2D eigenvalue weighted by Gasteiger charge is -2.04. The van der Waals surface area contributed by atoms with Crippen molar-refractivity contribution in [3.63, 3.8) is 0 Å². The summed E-state index contributed by atoms with van der Waals surface area (Å²) in [7, 11) is 0. The monoisotopic (exact) mass is 518 g/mol. The molecule has 0 atom stereocenters. The van der Waals surface area contributed by atoms with Crippen LogP contribution < -0.4 is 0 Å². The van der Waals surface area contributed by atoms with Crippen molar-refractivity contribution in [3.05, 3.63) is 95.6 Å². The molecule has 4 aromatic carbocycles. The van der Waals surface area contributed by atoms with Gasteiger partial charge in [0.1, 0.15) is 34.1 Å². The van der Waals surface area contributed by atoms with Gasteiger partial charge >= 0.3 is 11.9 Å². The van der Waals surface area contributed by atoms with Crippen LogP contribution in [-0.2, 0) is 0 Å². The average Bonchev–Trinajstić information content (AvgIpc) is 2.89. The fourth-order valence-electron chi connectivity index (χ4n) is 3.31. The van der Waals surface area contributed by atoms with Gasteiger partial charge in [-0.1, -0.05) is 24.3 Å². The first-order valence-corrected chi connectivity index (χ1v) is 10.7. The van der Waals surface area contributed by atoms with Gasteiger partial charge in [0.25, 0.3) is 0 Å². The van der Waals surface area contributed by atoms with Crippen LogP contribution in [-0.4, -0.2) is 32.4 Å². The van der Waals surface area contributed by atoms with Crippen molar-refractivity contribution in [3.8, 4) is 22.6 Å². The fourth-order valence-corrected chi connectivity index (χ4v) is 3.31. The smallest absolute Gasteiger partial charge is 0.339 e. The summed E-state index contributed by atoms with van der Waals surface area (Å²) in [5, 5.41) is 53.3. The largest absolute Gasteiger partial charge is 0.505 e. The lowest BCUT2D eigenvalue weighted by Crippen LogP contribution is -1.97. The molecule has 0 saturated heterocycles. The van der Waals surface area contributed by atoms with Crippen LogP contribution in [0.1, 0.15) is 20.7 Å². The summed E-state index contributed by atoms with van der Waals surface area (Å²) in [5.74, 6) is -6.18.